The van der Waals surface area contributed by atoms with Gasteiger partial charge in [-0.3, -0.25) is 0 Å². The number of nitrogens with zero attached hydrogens (tertiary/aromatic N) is 5. The van der Waals surface area contributed by atoms with Gasteiger partial charge in [0.1, 0.15) is 0 Å². The van der Waals surface area contributed by atoms with Gasteiger partial charge in [-0.15, -0.1) is 10.2 Å². The van der Waals surface area contributed by atoms with Crippen molar-refractivity contribution in [3.63, 3.8) is 0 Å². The molecule has 1 aromatic rings. The molecule has 1 unspecified atom stereocenters. The van der Waals surface area contributed by atoms with Crippen molar-refractivity contribution in [3.05, 3.63) is 6.33 Å². The Hall–Kier alpha value is -0.970. The van der Waals surface area contributed by atoms with Gasteiger partial charge in [0.15, 0.2) is 6.33 Å². The van der Waals surface area contributed by atoms with Crippen LogP contribution in [0.2, 0.25) is 0 Å². The molecule has 3 atom stereocenters. The molecule has 0 aromatic carbocycles. The van der Waals surface area contributed by atoms with E-state index in [1.807, 2.05) is 0 Å². The molecule has 2 bridgehead atoms. The van der Waals surface area contributed by atoms with E-state index in [1.165, 1.54) is 25.8 Å². The molecule has 2 saturated heterocycles. The van der Waals surface area contributed by atoms with Crippen LogP contribution in [-0.2, 0) is 0 Å². The summed E-state index contributed by atoms with van der Waals surface area (Å²) >= 11 is 0. The lowest BCUT2D eigenvalue weighted by atomic mass is 10.0. The largest absolute Gasteiger partial charge is 0.301 e. The standard InChI is InChI=1S/C7H11N5/c1-2-11-3-6(1)7(4-11)12-9-5-8-10-12/h5-7H,1-4H2/t6-,7-/m0/s1. The van der Waals surface area contributed by atoms with E-state index >= 15 is 0 Å². The van der Waals surface area contributed by atoms with Gasteiger partial charge in [-0.2, -0.15) is 4.80 Å². The summed E-state index contributed by atoms with van der Waals surface area (Å²) in [4.78, 5) is 4.24. The molecular weight excluding hydrogens is 154 g/mol. The van der Waals surface area contributed by atoms with Gasteiger partial charge in [0.05, 0.1) is 6.04 Å². The molecule has 3 rings (SSSR count). The number of hydrogen-bond acceptors (Lipinski definition) is 4. The molecule has 0 spiro atoms. The number of aromatic nitrogens is 4. The zero-order valence-electron chi connectivity index (χ0n) is 6.80. The van der Waals surface area contributed by atoms with E-state index in [2.05, 4.69) is 20.3 Å². The van der Waals surface area contributed by atoms with Crippen molar-refractivity contribution in [2.45, 2.75) is 12.5 Å². The van der Waals surface area contributed by atoms with Crippen LogP contribution in [0.5, 0.6) is 0 Å². The van der Waals surface area contributed by atoms with Crippen LogP contribution < -0.4 is 0 Å². The van der Waals surface area contributed by atoms with Crippen molar-refractivity contribution in [1.29, 1.82) is 0 Å². The van der Waals surface area contributed by atoms with Crippen LogP contribution in [0.4, 0.5) is 0 Å². The maximum atomic E-state index is 4.08. The van der Waals surface area contributed by atoms with Gasteiger partial charge in [0.25, 0.3) is 0 Å². The summed E-state index contributed by atoms with van der Waals surface area (Å²) < 4.78 is 0. The molecule has 5 nitrogen and oxygen atoms in total. The second-order valence-corrected chi connectivity index (χ2v) is 3.63. The quantitative estimate of drug-likeness (QED) is 0.565. The number of piperidine rings is 1. The summed E-state index contributed by atoms with van der Waals surface area (Å²) in [6, 6.07) is 0.487. The van der Waals surface area contributed by atoms with E-state index in [-0.39, 0.29) is 0 Å². The van der Waals surface area contributed by atoms with Gasteiger partial charge in [-0.25, -0.2) is 0 Å². The topological polar surface area (TPSA) is 46.8 Å². The highest BCUT2D eigenvalue weighted by Crippen LogP contribution is 2.34. The van der Waals surface area contributed by atoms with Crippen molar-refractivity contribution in [2.75, 3.05) is 19.6 Å². The van der Waals surface area contributed by atoms with Crippen molar-refractivity contribution in [1.82, 2.24) is 25.1 Å². The molecule has 0 aliphatic carbocycles. The molecule has 0 N–H and O–H groups in total. The molecule has 2 aliphatic heterocycles. The average molecular weight is 165 g/mol. The average Bonchev–Trinajstić information content (AvgIpc) is 2.81. The van der Waals surface area contributed by atoms with Crippen LogP contribution in [0, 0.1) is 5.92 Å². The van der Waals surface area contributed by atoms with Crippen LogP contribution in [0.25, 0.3) is 0 Å². The summed E-state index contributed by atoms with van der Waals surface area (Å²) in [7, 11) is 0. The summed E-state index contributed by atoms with van der Waals surface area (Å²) in [5.74, 6) is 0.763. The zero-order valence-corrected chi connectivity index (χ0v) is 6.80. The smallest absolute Gasteiger partial charge is 0.162 e. The highest BCUT2D eigenvalue weighted by Gasteiger charge is 2.39. The Labute approximate surface area is 70.4 Å². The van der Waals surface area contributed by atoms with Crippen molar-refractivity contribution >= 4 is 0 Å². The number of tetrazole rings is 1. The number of hydrogen-bond donors (Lipinski definition) is 0. The Bertz CT molecular complexity index is 269. The van der Waals surface area contributed by atoms with Crippen molar-refractivity contribution in [3.8, 4) is 0 Å². The van der Waals surface area contributed by atoms with E-state index in [9.17, 15) is 0 Å². The number of rotatable bonds is 1. The molecular formula is C7H11N5. The summed E-state index contributed by atoms with van der Waals surface area (Å²) in [5.41, 5.74) is 0. The lowest BCUT2D eigenvalue weighted by molar-refractivity contribution is 0.263. The molecule has 3 heterocycles. The second-order valence-electron chi connectivity index (χ2n) is 3.63. The second kappa shape index (κ2) is 2.26. The Morgan fingerprint density at radius 1 is 1.33 bits per heavy atom. The third-order valence-electron chi connectivity index (χ3n) is 2.96. The fourth-order valence-corrected chi connectivity index (χ4v) is 2.34. The first-order valence-electron chi connectivity index (χ1n) is 4.38. The van der Waals surface area contributed by atoms with Crippen LogP contribution in [0.1, 0.15) is 12.5 Å². The highest BCUT2D eigenvalue weighted by atomic mass is 15.6. The molecule has 1 aromatic heterocycles. The molecule has 2 fully saturated rings. The Kier molecular flexibility index (Phi) is 1.23. The molecule has 0 amide bonds. The molecule has 5 heteroatoms. The van der Waals surface area contributed by atoms with E-state index in [1.54, 1.807) is 4.80 Å². The van der Waals surface area contributed by atoms with Crippen molar-refractivity contribution < 1.29 is 0 Å². The van der Waals surface area contributed by atoms with Crippen LogP contribution in [-0.4, -0.2) is 44.7 Å². The lowest BCUT2D eigenvalue weighted by Crippen LogP contribution is -2.27. The molecule has 64 valence electrons. The molecule has 2 aliphatic rings. The number of fused-ring (bicyclic) bond motifs is 2. The minimum Gasteiger partial charge on any atom is -0.301 e. The maximum Gasteiger partial charge on any atom is 0.162 e. The SMILES string of the molecule is c1nnn([C@H]2CN3CC[C@H]2C3)n1. The normalized spacial score (nSPS) is 39.2. The first kappa shape index (κ1) is 6.54. The third-order valence-corrected chi connectivity index (χ3v) is 2.96. The summed E-state index contributed by atoms with van der Waals surface area (Å²) in [5, 5.41) is 11.8. The lowest BCUT2D eigenvalue weighted by Gasteiger charge is -2.20. The Morgan fingerprint density at radius 3 is 2.92 bits per heavy atom. The first-order valence-corrected chi connectivity index (χ1v) is 4.38. The fourth-order valence-electron chi connectivity index (χ4n) is 2.34. The van der Waals surface area contributed by atoms with Gasteiger partial charge in [0.2, 0.25) is 0 Å². The molecule has 0 saturated carbocycles. The Balaban J connectivity index is 1.87. The minimum atomic E-state index is 0.487. The van der Waals surface area contributed by atoms with Gasteiger partial charge in [-0.1, -0.05) is 0 Å². The first-order chi connectivity index (χ1) is 5.93. The fraction of sp³-hybridized carbons (Fsp3) is 0.857. The molecule has 0 radical (unpaired) electrons. The highest BCUT2D eigenvalue weighted by molar-refractivity contribution is 4.91. The van der Waals surface area contributed by atoms with E-state index in [4.69, 9.17) is 0 Å². The monoisotopic (exact) mass is 165 g/mol. The maximum absolute atomic E-state index is 4.08. The summed E-state index contributed by atoms with van der Waals surface area (Å²) in [6.45, 7) is 3.60. The van der Waals surface area contributed by atoms with E-state index < -0.39 is 0 Å². The van der Waals surface area contributed by atoms with Crippen LogP contribution in [0.15, 0.2) is 6.33 Å². The van der Waals surface area contributed by atoms with Gasteiger partial charge < -0.3 is 4.90 Å². The summed E-state index contributed by atoms with van der Waals surface area (Å²) in [6.07, 6.45) is 2.81. The van der Waals surface area contributed by atoms with Gasteiger partial charge in [0, 0.05) is 13.1 Å². The molecule has 12 heavy (non-hydrogen) atoms. The van der Waals surface area contributed by atoms with Crippen LogP contribution >= 0.6 is 0 Å². The van der Waals surface area contributed by atoms with Gasteiger partial charge in [-0.05, 0) is 24.1 Å². The van der Waals surface area contributed by atoms with Crippen LogP contribution in [0.3, 0.4) is 0 Å². The van der Waals surface area contributed by atoms with Crippen molar-refractivity contribution in [2.24, 2.45) is 5.92 Å². The van der Waals surface area contributed by atoms with Gasteiger partial charge >= 0.3 is 0 Å². The Morgan fingerprint density at radius 2 is 2.33 bits per heavy atom. The van der Waals surface area contributed by atoms with E-state index in [0.29, 0.717) is 6.04 Å². The third kappa shape index (κ3) is 0.797. The zero-order chi connectivity index (χ0) is 7.97. The van der Waals surface area contributed by atoms with E-state index in [0.717, 1.165) is 12.5 Å². The predicted molar refractivity (Wildman–Crippen MR) is 41.4 cm³/mol. The minimum absolute atomic E-state index is 0.487. The predicted octanol–water partition coefficient (Wildman–Crippen LogP) is -0.450.